The number of nitrogens with zero attached hydrogens (tertiary/aromatic N) is 4. The SMILES string of the molecule is CCCC(C#N)N1CCN(CC(=O)NCC#N)CC1. The molecule has 1 heterocycles. The number of carbonyl (C=O) groups is 1. The molecule has 6 nitrogen and oxygen atoms in total. The lowest BCUT2D eigenvalue weighted by Crippen LogP contribution is -2.52. The highest BCUT2D eigenvalue weighted by Gasteiger charge is 2.23. The molecule has 0 saturated carbocycles. The van der Waals surface area contributed by atoms with Crippen molar-refractivity contribution in [3.8, 4) is 12.1 Å². The van der Waals surface area contributed by atoms with E-state index in [4.69, 9.17) is 10.5 Å². The third-order valence-corrected chi connectivity index (χ3v) is 3.29. The van der Waals surface area contributed by atoms with Crippen LogP contribution in [0.15, 0.2) is 0 Å². The van der Waals surface area contributed by atoms with Gasteiger partial charge in [-0.25, -0.2) is 0 Å². The molecule has 1 aliphatic heterocycles. The molecule has 0 radical (unpaired) electrons. The third kappa shape index (κ3) is 5.25. The maximum atomic E-state index is 11.5. The van der Waals surface area contributed by atoms with Gasteiger partial charge in [-0.2, -0.15) is 10.5 Å². The van der Waals surface area contributed by atoms with Gasteiger partial charge in [0.1, 0.15) is 6.54 Å². The van der Waals surface area contributed by atoms with E-state index in [2.05, 4.69) is 28.1 Å². The second kappa shape index (κ2) is 8.47. The third-order valence-electron chi connectivity index (χ3n) is 3.29. The normalized spacial score (nSPS) is 18.3. The minimum absolute atomic E-state index is 0.000402. The smallest absolute Gasteiger partial charge is 0.235 e. The van der Waals surface area contributed by atoms with Crippen molar-refractivity contribution in [3.63, 3.8) is 0 Å². The van der Waals surface area contributed by atoms with E-state index in [1.807, 2.05) is 6.07 Å². The van der Waals surface area contributed by atoms with Crippen LogP contribution < -0.4 is 5.32 Å². The van der Waals surface area contributed by atoms with E-state index < -0.39 is 0 Å². The van der Waals surface area contributed by atoms with Crippen molar-refractivity contribution in [2.24, 2.45) is 0 Å². The van der Waals surface area contributed by atoms with Crippen LogP contribution in [0.5, 0.6) is 0 Å². The molecule has 0 spiro atoms. The lowest BCUT2D eigenvalue weighted by atomic mass is 10.1. The van der Waals surface area contributed by atoms with Gasteiger partial charge in [-0.05, 0) is 6.42 Å². The van der Waals surface area contributed by atoms with Gasteiger partial charge in [-0.3, -0.25) is 14.6 Å². The van der Waals surface area contributed by atoms with Gasteiger partial charge in [0, 0.05) is 26.2 Å². The fraction of sp³-hybridized carbons (Fsp3) is 0.769. The average molecular weight is 263 g/mol. The summed E-state index contributed by atoms with van der Waals surface area (Å²) in [5, 5.41) is 20.0. The number of piperazine rings is 1. The lowest BCUT2D eigenvalue weighted by Gasteiger charge is -2.36. The summed E-state index contributed by atoms with van der Waals surface area (Å²) in [6.45, 7) is 5.71. The molecular formula is C13H21N5O. The zero-order valence-corrected chi connectivity index (χ0v) is 11.4. The predicted molar refractivity (Wildman–Crippen MR) is 70.9 cm³/mol. The zero-order valence-electron chi connectivity index (χ0n) is 11.4. The summed E-state index contributed by atoms with van der Waals surface area (Å²) >= 11 is 0. The summed E-state index contributed by atoms with van der Waals surface area (Å²) in [5.41, 5.74) is 0. The molecule has 1 N–H and O–H groups in total. The van der Waals surface area contributed by atoms with Gasteiger partial charge >= 0.3 is 0 Å². The fourth-order valence-electron chi connectivity index (χ4n) is 2.23. The van der Waals surface area contributed by atoms with Crippen LogP contribution in [0.1, 0.15) is 19.8 Å². The number of rotatable bonds is 6. The maximum Gasteiger partial charge on any atom is 0.235 e. The first-order valence-corrected chi connectivity index (χ1v) is 6.71. The highest BCUT2D eigenvalue weighted by atomic mass is 16.2. The Morgan fingerprint density at radius 3 is 2.53 bits per heavy atom. The van der Waals surface area contributed by atoms with Crippen LogP contribution in [-0.4, -0.2) is 61.0 Å². The molecule has 1 unspecified atom stereocenters. The van der Waals surface area contributed by atoms with E-state index in [1.54, 1.807) is 0 Å². The molecule has 1 amide bonds. The average Bonchev–Trinajstić information content (AvgIpc) is 2.43. The van der Waals surface area contributed by atoms with Crippen LogP contribution in [0.25, 0.3) is 0 Å². The Bertz CT molecular complexity index is 362. The van der Waals surface area contributed by atoms with Gasteiger partial charge in [0.25, 0.3) is 0 Å². The summed E-state index contributed by atoms with van der Waals surface area (Å²) in [6, 6.07) is 4.23. The first kappa shape index (κ1) is 15.4. The second-order valence-corrected chi connectivity index (χ2v) is 4.68. The minimum Gasteiger partial charge on any atom is -0.342 e. The van der Waals surface area contributed by atoms with Crippen LogP contribution in [0.4, 0.5) is 0 Å². The summed E-state index contributed by atoms with van der Waals surface area (Å²) in [7, 11) is 0. The summed E-state index contributed by atoms with van der Waals surface area (Å²) in [4.78, 5) is 15.7. The number of nitrogens with one attached hydrogen (secondary N) is 1. The van der Waals surface area contributed by atoms with Crippen LogP contribution in [0, 0.1) is 22.7 Å². The van der Waals surface area contributed by atoms with Crippen molar-refractivity contribution in [3.05, 3.63) is 0 Å². The molecule has 0 aromatic heterocycles. The van der Waals surface area contributed by atoms with Crippen molar-refractivity contribution in [1.82, 2.24) is 15.1 Å². The zero-order chi connectivity index (χ0) is 14.1. The van der Waals surface area contributed by atoms with E-state index in [0.29, 0.717) is 6.54 Å². The predicted octanol–water partition coefficient (Wildman–Crippen LogP) is -0.0639. The van der Waals surface area contributed by atoms with Gasteiger partial charge in [0.05, 0.1) is 24.7 Å². The van der Waals surface area contributed by atoms with Crippen LogP contribution in [0.3, 0.4) is 0 Å². The Morgan fingerprint density at radius 2 is 2.00 bits per heavy atom. The van der Waals surface area contributed by atoms with Crippen molar-refractivity contribution in [2.45, 2.75) is 25.8 Å². The van der Waals surface area contributed by atoms with E-state index >= 15 is 0 Å². The first-order chi connectivity index (χ1) is 9.21. The molecule has 6 heteroatoms. The van der Waals surface area contributed by atoms with Gasteiger partial charge < -0.3 is 5.32 Å². The Morgan fingerprint density at radius 1 is 1.32 bits per heavy atom. The Kier molecular flexibility index (Phi) is 6.88. The second-order valence-electron chi connectivity index (χ2n) is 4.68. The highest BCUT2D eigenvalue weighted by molar-refractivity contribution is 5.78. The molecule has 0 aromatic carbocycles. The van der Waals surface area contributed by atoms with E-state index in [-0.39, 0.29) is 18.5 Å². The lowest BCUT2D eigenvalue weighted by molar-refractivity contribution is -0.122. The summed E-state index contributed by atoms with van der Waals surface area (Å²) in [6.07, 6.45) is 1.91. The molecule has 0 aliphatic carbocycles. The van der Waals surface area contributed by atoms with E-state index in [9.17, 15) is 4.79 Å². The molecule has 19 heavy (non-hydrogen) atoms. The van der Waals surface area contributed by atoms with Crippen LogP contribution in [-0.2, 0) is 4.79 Å². The summed E-state index contributed by atoms with van der Waals surface area (Å²) < 4.78 is 0. The number of hydrogen-bond acceptors (Lipinski definition) is 5. The van der Waals surface area contributed by atoms with Crippen LogP contribution in [0.2, 0.25) is 0 Å². The first-order valence-electron chi connectivity index (χ1n) is 6.71. The van der Waals surface area contributed by atoms with Crippen molar-refractivity contribution in [2.75, 3.05) is 39.3 Å². The fourth-order valence-corrected chi connectivity index (χ4v) is 2.23. The van der Waals surface area contributed by atoms with E-state index in [0.717, 1.165) is 39.0 Å². The molecule has 1 rings (SSSR count). The monoisotopic (exact) mass is 263 g/mol. The van der Waals surface area contributed by atoms with Crippen molar-refractivity contribution in [1.29, 1.82) is 10.5 Å². The quantitative estimate of drug-likeness (QED) is 0.679. The molecule has 1 fully saturated rings. The van der Waals surface area contributed by atoms with Crippen molar-refractivity contribution < 1.29 is 4.79 Å². The number of carbonyl (C=O) groups excluding carboxylic acids is 1. The van der Waals surface area contributed by atoms with Gasteiger partial charge in [0.2, 0.25) is 5.91 Å². The number of amides is 1. The molecule has 0 aromatic rings. The molecular weight excluding hydrogens is 242 g/mol. The van der Waals surface area contributed by atoms with Gasteiger partial charge in [0.15, 0.2) is 0 Å². The van der Waals surface area contributed by atoms with Gasteiger partial charge in [-0.1, -0.05) is 13.3 Å². The molecule has 104 valence electrons. The topological polar surface area (TPSA) is 83.2 Å². The Hall–Kier alpha value is -1.63. The number of hydrogen-bond donors (Lipinski definition) is 1. The van der Waals surface area contributed by atoms with E-state index in [1.165, 1.54) is 0 Å². The Labute approximate surface area is 114 Å². The van der Waals surface area contributed by atoms with Gasteiger partial charge in [-0.15, -0.1) is 0 Å². The molecule has 1 atom stereocenters. The molecule has 0 bridgehead atoms. The standard InChI is InChI=1S/C13H21N5O/c1-2-3-12(10-15)18-8-6-17(7-9-18)11-13(19)16-5-4-14/h12H,2-3,5-9,11H2,1H3,(H,16,19). The minimum atomic E-state index is -0.111. The van der Waals surface area contributed by atoms with Crippen molar-refractivity contribution >= 4 is 5.91 Å². The molecule has 1 aliphatic rings. The Balaban J connectivity index is 2.31. The summed E-state index contributed by atoms with van der Waals surface area (Å²) in [5.74, 6) is -0.111. The molecule has 1 saturated heterocycles. The highest BCUT2D eigenvalue weighted by Crippen LogP contribution is 2.10. The largest absolute Gasteiger partial charge is 0.342 e. The maximum absolute atomic E-state index is 11.5. The van der Waals surface area contributed by atoms with Crippen LogP contribution >= 0.6 is 0 Å². The number of nitriles is 2.